The summed E-state index contributed by atoms with van der Waals surface area (Å²) in [5.74, 6) is 0. The van der Waals surface area contributed by atoms with Crippen LogP contribution < -0.4 is 0 Å². The van der Waals surface area contributed by atoms with Crippen molar-refractivity contribution >= 4 is 6.09 Å². The minimum Gasteiger partial charge on any atom is -0.445 e. The van der Waals surface area contributed by atoms with Gasteiger partial charge >= 0.3 is 6.09 Å². The first-order chi connectivity index (χ1) is 11.6. The molecular weight excluding hydrogens is 312 g/mol. The van der Waals surface area contributed by atoms with Crippen LogP contribution in [0.15, 0.2) is 60.7 Å². The van der Waals surface area contributed by atoms with E-state index < -0.39 is 17.9 Å². The van der Waals surface area contributed by atoms with Gasteiger partial charge in [-0.1, -0.05) is 60.7 Å². The molecule has 0 bridgehead atoms. The molecule has 1 heterocycles. The molecule has 3 rings (SSSR count). The fraction of sp³-hybridized carbons (Fsp3) is 0.316. The second-order valence-corrected chi connectivity index (χ2v) is 6.03. The second-order valence-electron chi connectivity index (χ2n) is 6.03. The number of carbonyl (C=O) groups excluding carboxylic acids is 1. The Morgan fingerprint density at radius 2 is 1.71 bits per heavy atom. The monoisotopic (exact) mass is 331 g/mol. The Hall–Kier alpha value is -2.43. The van der Waals surface area contributed by atoms with Gasteiger partial charge in [-0.25, -0.2) is 13.6 Å². The lowest BCUT2D eigenvalue weighted by atomic mass is 9.80. The molecule has 1 aliphatic heterocycles. The van der Waals surface area contributed by atoms with Crippen LogP contribution in [0.2, 0.25) is 0 Å². The first-order valence-corrected chi connectivity index (χ1v) is 7.91. The first-order valence-electron chi connectivity index (χ1n) is 7.91. The lowest BCUT2D eigenvalue weighted by Crippen LogP contribution is -2.39. The van der Waals surface area contributed by atoms with Gasteiger partial charge in [0.2, 0.25) is 6.43 Å². The van der Waals surface area contributed by atoms with Crippen molar-refractivity contribution in [2.45, 2.75) is 24.9 Å². The summed E-state index contributed by atoms with van der Waals surface area (Å²) in [7, 11) is 0. The van der Waals surface area contributed by atoms with Crippen LogP contribution in [0.3, 0.4) is 0 Å². The van der Waals surface area contributed by atoms with Gasteiger partial charge in [0.25, 0.3) is 0 Å². The summed E-state index contributed by atoms with van der Waals surface area (Å²) in [6, 6.07) is 18.0. The van der Waals surface area contributed by atoms with Crippen molar-refractivity contribution < 1.29 is 18.3 Å². The van der Waals surface area contributed by atoms with Gasteiger partial charge in [0.15, 0.2) is 0 Å². The summed E-state index contributed by atoms with van der Waals surface area (Å²) < 4.78 is 32.8. The average Bonchev–Trinajstić information content (AvgIpc) is 3.08. The van der Waals surface area contributed by atoms with Gasteiger partial charge in [0, 0.05) is 13.1 Å². The summed E-state index contributed by atoms with van der Waals surface area (Å²) in [6.45, 7) is 0.387. The maximum Gasteiger partial charge on any atom is 0.410 e. The van der Waals surface area contributed by atoms with E-state index in [0.717, 1.165) is 5.56 Å². The zero-order chi connectivity index (χ0) is 17.0. The van der Waals surface area contributed by atoms with Gasteiger partial charge in [0.1, 0.15) is 6.61 Å². The van der Waals surface area contributed by atoms with Crippen molar-refractivity contribution in [3.63, 3.8) is 0 Å². The quantitative estimate of drug-likeness (QED) is 0.839. The molecule has 1 aliphatic rings. The summed E-state index contributed by atoms with van der Waals surface area (Å²) in [5.41, 5.74) is 0.124. The zero-order valence-electron chi connectivity index (χ0n) is 13.2. The van der Waals surface area contributed by atoms with Gasteiger partial charge < -0.3 is 9.64 Å². The topological polar surface area (TPSA) is 29.5 Å². The first kappa shape index (κ1) is 16.4. The van der Waals surface area contributed by atoms with Crippen LogP contribution in [-0.4, -0.2) is 30.5 Å². The number of likely N-dealkylation sites (tertiary alicyclic amines) is 1. The molecule has 126 valence electrons. The Balaban J connectivity index is 1.68. The maximum absolute atomic E-state index is 13.8. The summed E-state index contributed by atoms with van der Waals surface area (Å²) in [4.78, 5) is 13.6. The molecule has 0 spiro atoms. The highest BCUT2D eigenvalue weighted by Gasteiger charge is 2.48. The third-order valence-corrected chi connectivity index (χ3v) is 4.53. The van der Waals surface area contributed by atoms with E-state index in [9.17, 15) is 13.6 Å². The number of rotatable bonds is 4. The molecule has 0 radical (unpaired) electrons. The van der Waals surface area contributed by atoms with Gasteiger partial charge in [-0.05, 0) is 17.5 Å². The van der Waals surface area contributed by atoms with Gasteiger partial charge in [-0.15, -0.1) is 0 Å². The average molecular weight is 331 g/mol. The zero-order valence-corrected chi connectivity index (χ0v) is 13.2. The van der Waals surface area contributed by atoms with Crippen molar-refractivity contribution in [1.82, 2.24) is 4.90 Å². The third kappa shape index (κ3) is 3.25. The summed E-state index contributed by atoms with van der Waals surface area (Å²) in [5, 5.41) is 0. The normalized spacial score (nSPS) is 20.4. The SMILES string of the molecule is O=C(OCc1ccccc1)N1CCC(c2ccccc2)(C(F)F)C1. The highest BCUT2D eigenvalue weighted by Crippen LogP contribution is 2.40. The van der Waals surface area contributed by atoms with E-state index in [1.807, 2.05) is 30.3 Å². The van der Waals surface area contributed by atoms with Gasteiger partial charge in [-0.3, -0.25) is 0 Å². The predicted octanol–water partition coefficient (Wildman–Crippen LogP) is 4.23. The molecule has 1 saturated heterocycles. The van der Waals surface area contributed by atoms with Crippen LogP contribution in [0.1, 0.15) is 17.5 Å². The Morgan fingerprint density at radius 1 is 1.08 bits per heavy atom. The van der Waals surface area contributed by atoms with Gasteiger partial charge in [-0.2, -0.15) is 0 Å². The lowest BCUT2D eigenvalue weighted by Gasteiger charge is -2.28. The molecule has 3 nitrogen and oxygen atoms in total. The highest BCUT2D eigenvalue weighted by molar-refractivity contribution is 5.68. The number of nitrogens with zero attached hydrogens (tertiary/aromatic N) is 1. The minimum absolute atomic E-state index is 0.0255. The van der Waals surface area contributed by atoms with Crippen LogP contribution >= 0.6 is 0 Å². The fourth-order valence-corrected chi connectivity index (χ4v) is 3.11. The number of alkyl halides is 2. The second kappa shape index (κ2) is 6.99. The number of hydrogen-bond donors (Lipinski definition) is 0. The molecule has 0 aromatic heterocycles. The van der Waals surface area contributed by atoms with Crippen LogP contribution in [0.25, 0.3) is 0 Å². The highest BCUT2D eigenvalue weighted by atomic mass is 19.3. The van der Waals surface area contributed by atoms with E-state index in [-0.39, 0.29) is 26.1 Å². The molecule has 1 unspecified atom stereocenters. The molecule has 1 amide bonds. The van der Waals surface area contributed by atoms with E-state index in [2.05, 4.69) is 0 Å². The van der Waals surface area contributed by atoms with E-state index in [4.69, 9.17) is 4.74 Å². The number of hydrogen-bond acceptors (Lipinski definition) is 2. The van der Waals surface area contributed by atoms with Crippen molar-refractivity contribution in [3.05, 3.63) is 71.8 Å². The van der Waals surface area contributed by atoms with E-state index >= 15 is 0 Å². The maximum atomic E-state index is 13.8. The van der Waals surface area contributed by atoms with Crippen LogP contribution in [0.4, 0.5) is 13.6 Å². The van der Waals surface area contributed by atoms with Crippen molar-refractivity contribution in [2.75, 3.05) is 13.1 Å². The van der Waals surface area contributed by atoms with E-state index in [0.29, 0.717) is 5.56 Å². The lowest BCUT2D eigenvalue weighted by molar-refractivity contribution is 0.0495. The standard InChI is InChI=1S/C19H19F2NO2/c20-17(21)19(16-9-5-2-6-10-16)11-12-22(14-19)18(23)24-13-15-7-3-1-4-8-15/h1-10,17H,11-14H2. The smallest absolute Gasteiger partial charge is 0.410 e. The molecule has 24 heavy (non-hydrogen) atoms. The molecule has 0 N–H and O–H groups in total. The fourth-order valence-electron chi connectivity index (χ4n) is 3.11. The molecule has 0 saturated carbocycles. The van der Waals surface area contributed by atoms with E-state index in [1.54, 1.807) is 30.3 Å². The number of benzene rings is 2. The van der Waals surface area contributed by atoms with Crippen molar-refractivity contribution in [2.24, 2.45) is 0 Å². The molecular formula is C19H19F2NO2. The Morgan fingerprint density at radius 3 is 2.33 bits per heavy atom. The van der Waals surface area contributed by atoms with Crippen LogP contribution in [-0.2, 0) is 16.8 Å². The van der Waals surface area contributed by atoms with Crippen molar-refractivity contribution in [1.29, 1.82) is 0 Å². The van der Waals surface area contributed by atoms with Crippen LogP contribution in [0.5, 0.6) is 0 Å². The largest absolute Gasteiger partial charge is 0.445 e. The predicted molar refractivity (Wildman–Crippen MR) is 86.9 cm³/mol. The summed E-state index contributed by atoms with van der Waals surface area (Å²) in [6.07, 6.45) is -2.85. The number of carbonyl (C=O) groups is 1. The Bertz CT molecular complexity index is 678. The molecule has 1 atom stereocenters. The van der Waals surface area contributed by atoms with Crippen molar-refractivity contribution in [3.8, 4) is 0 Å². The molecule has 1 fully saturated rings. The molecule has 2 aromatic carbocycles. The summed E-state index contributed by atoms with van der Waals surface area (Å²) >= 11 is 0. The Kier molecular flexibility index (Phi) is 4.79. The molecule has 2 aromatic rings. The van der Waals surface area contributed by atoms with Crippen LogP contribution in [0, 0.1) is 0 Å². The minimum atomic E-state index is -2.54. The molecule has 5 heteroatoms. The Labute approximate surface area is 139 Å². The third-order valence-electron chi connectivity index (χ3n) is 4.53. The van der Waals surface area contributed by atoms with Gasteiger partial charge in [0.05, 0.1) is 5.41 Å². The number of ether oxygens (including phenoxy) is 1. The number of amides is 1. The van der Waals surface area contributed by atoms with E-state index in [1.165, 1.54) is 4.90 Å². The molecule has 0 aliphatic carbocycles. The number of halogens is 2.